The molecular formula is C12H22N2O. The van der Waals surface area contributed by atoms with Crippen LogP contribution in [-0.2, 0) is 19.9 Å². The Labute approximate surface area is 92.1 Å². The molecule has 1 heterocycles. The summed E-state index contributed by atoms with van der Waals surface area (Å²) in [5.41, 5.74) is 2.38. The summed E-state index contributed by atoms with van der Waals surface area (Å²) in [6.45, 7) is 4.55. The van der Waals surface area contributed by atoms with Crippen molar-refractivity contribution in [2.45, 2.75) is 39.5 Å². The van der Waals surface area contributed by atoms with Gasteiger partial charge >= 0.3 is 0 Å². The number of aliphatic hydroxyl groups is 1. The molecule has 0 saturated carbocycles. The van der Waals surface area contributed by atoms with Crippen LogP contribution in [0.2, 0.25) is 0 Å². The Bertz CT molecular complexity index is 294. The first-order chi connectivity index (χ1) is 7.21. The van der Waals surface area contributed by atoms with Gasteiger partial charge in [0.25, 0.3) is 0 Å². The molecule has 0 aliphatic heterocycles. The predicted octanol–water partition coefficient (Wildman–Crippen LogP) is 1.93. The van der Waals surface area contributed by atoms with Crippen molar-refractivity contribution in [3.05, 3.63) is 17.5 Å². The summed E-state index contributed by atoms with van der Waals surface area (Å²) < 4.78 is 1.94. The molecule has 0 saturated heterocycles. The van der Waals surface area contributed by atoms with Crippen LogP contribution in [0.25, 0.3) is 0 Å². The van der Waals surface area contributed by atoms with Gasteiger partial charge in [-0.3, -0.25) is 4.68 Å². The SMILES string of the molecule is CCCC(CO)Cc1cc(CC)nn1C. The molecule has 15 heavy (non-hydrogen) atoms. The van der Waals surface area contributed by atoms with Gasteiger partial charge in [-0.2, -0.15) is 5.10 Å². The van der Waals surface area contributed by atoms with E-state index in [0.29, 0.717) is 5.92 Å². The zero-order valence-electron chi connectivity index (χ0n) is 10.0. The molecule has 1 rings (SSSR count). The Hall–Kier alpha value is -0.830. The minimum atomic E-state index is 0.278. The van der Waals surface area contributed by atoms with Gasteiger partial charge in [0.05, 0.1) is 5.69 Å². The standard InChI is InChI=1S/C12H22N2O/c1-4-6-10(9-15)7-12-8-11(5-2)13-14(12)3/h8,10,15H,4-7,9H2,1-3H3. The van der Waals surface area contributed by atoms with E-state index < -0.39 is 0 Å². The van der Waals surface area contributed by atoms with Crippen molar-refractivity contribution in [3.8, 4) is 0 Å². The fourth-order valence-electron chi connectivity index (χ4n) is 1.90. The van der Waals surface area contributed by atoms with Crippen molar-refractivity contribution in [1.82, 2.24) is 9.78 Å². The summed E-state index contributed by atoms with van der Waals surface area (Å²) in [4.78, 5) is 0. The summed E-state index contributed by atoms with van der Waals surface area (Å²) in [6, 6.07) is 2.15. The number of hydrogen-bond acceptors (Lipinski definition) is 2. The molecule has 1 aromatic rings. The van der Waals surface area contributed by atoms with Crippen LogP contribution in [0.3, 0.4) is 0 Å². The van der Waals surface area contributed by atoms with E-state index in [9.17, 15) is 5.11 Å². The molecule has 0 amide bonds. The highest BCUT2D eigenvalue weighted by Crippen LogP contribution is 2.14. The third kappa shape index (κ3) is 3.34. The van der Waals surface area contributed by atoms with Gasteiger partial charge < -0.3 is 5.11 Å². The molecule has 3 nitrogen and oxygen atoms in total. The average Bonchev–Trinajstić information content (AvgIpc) is 2.59. The van der Waals surface area contributed by atoms with Crippen molar-refractivity contribution < 1.29 is 5.11 Å². The Kier molecular flexibility index (Phi) is 4.82. The van der Waals surface area contributed by atoms with Gasteiger partial charge in [-0.15, -0.1) is 0 Å². The maximum absolute atomic E-state index is 9.24. The zero-order chi connectivity index (χ0) is 11.3. The monoisotopic (exact) mass is 210 g/mol. The fraction of sp³-hybridized carbons (Fsp3) is 0.750. The first-order valence-electron chi connectivity index (χ1n) is 5.83. The van der Waals surface area contributed by atoms with Crippen molar-refractivity contribution in [1.29, 1.82) is 0 Å². The number of aryl methyl sites for hydroxylation is 2. The Morgan fingerprint density at radius 1 is 1.47 bits per heavy atom. The van der Waals surface area contributed by atoms with E-state index in [0.717, 1.165) is 31.4 Å². The van der Waals surface area contributed by atoms with Crippen molar-refractivity contribution >= 4 is 0 Å². The van der Waals surface area contributed by atoms with Gasteiger partial charge in [-0.05, 0) is 31.2 Å². The lowest BCUT2D eigenvalue weighted by Crippen LogP contribution is -2.12. The molecule has 86 valence electrons. The van der Waals surface area contributed by atoms with Gasteiger partial charge in [-0.1, -0.05) is 20.3 Å². The molecule has 0 radical (unpaired) electrons. The van der Waals surface area contributed by atoms with E-state index >= 15 is 0 Å². The van der Waals surface area contributed by atoms with Crippen LogP contribution >= 0.6 is 0 Å². The van der Waals surface area contributed by atoms with Crippen LogP contribution in [-0.4, -0.2) is 21.5 Å². The molecule has 0 aliphatic carbocycles. The molecule has 1 N–H and O–H groups in total. The molecular weight excluding hydrogens is 188 g/mol. The first-order valence-corrected chi connectivity index (χ1v) is 5.83. The van der Waals surface area contributed by atoms with Crippen LogP contribution in [0, 0.1) is 5.92 Å². The second kappa shape index (κ2) is 5.91. The Morgan fingerprint density at radius 2 is 2.20 bits per heavy atom. The minimum Gasteiger partial charge on any atom is -0.396 e. The highest BCUT2D eigenvalue weighted by molar-refractivity contribution is 5.10. The van der Waals surface area contributed by atoms with Crippen molar-refractivity contribution in [2.75, 3.05) is 6.61 Å². The smallest absolute Gasteiger partial charge is 0.0624 e. The van der Waals surface area contributed by atoms with E-state index in [1.165, 1.54) is 5.69 Å². The van der Waals surface area contributed by atoms with Crippen LogP contribution in [0.4, 0.5) is 0 Å². The molecule has 0 aromatic carbocycles. The molecule has 0 bridgehead atoms. The topological polar surface area (TPSA) is 38.1 Å². The molecule has 0 fully saturated rings. The highest BCUT2D eigenvalue weighted by atomic mass is 16.3. The molecule has 0 spiro atoms. The van der Waals surface area contributed by atoms with E-state index in [1.54, 1.807) is 0 Å². The Balaban J connectivity index is 2.65. The largest absolute Gasteiger partial charge is 0.396 e. The zero-order valence-corrected chi connectivity index (χ0v) is 10.0. The molecule has 0 aliphatic rings. The summed E-state index contributed by atoms with van der Waals surface area (Å²) in [6.07, 6.45) is 4.13. The van der Waals surface area contributed by atoms with Gasteiger partial charge in [0.1, 0.15) is 0 Å². The van der Waals surface area contributed by atoms with Gasteiger partial charge in [0.2, 0.25) is 0 Å². The lowest BCUT2D eigenvalue weighted by molar-refractivity contribution is 0.215. The fourth-order valence-corrected chi connectivity index (χ4v) is 1.90. The number of rotatable bonds is 6. The van der Waals surface area contributed by atoms with Gasteiger partial charge in [-0.25, -0.2) is 0 Å². The van der Waals surface area contributed by atoms with Crippen LogP contribution in [0.1, 0.15) is 38.1 Å². The number of aliphatic hydroxyl groups excluding tert-OH is 1. The third-order valence-corrected chi connectivity index (χ3v) is 2.84. The molecule has 1 unspecified atom stereocenters. The normalized spacial score (nSPS) is 13.1. The summed E-state index contributed by atoms with van der Waals surface area (Å²) in [5, 5.41) is 13.7. The quantitative estimate of drug-likeness (QED) is 0.779. The van der Waals surface area contributed by atoms with E-state index in [4.69, 9.17) is 0 Å². The lowest BCUT2D eigenvalue weighted by Gasteiger charge is -2.12. The van der Waals surface area contributed by atoms with E-state index in [-0.39, 0.29) is 6.61 Å². The Morgan fingerprint density at radius 3 is 2.67 bits per heavy atom. The van der Waals surface area contributed by atoms with Gasteiger partial charge in [0.15, 0.2) is 0 Å². The predicted molar refractivity (Wildman–Crippen MR) is 61.8 cm³/mol. The van der Waals surface area contributed by atoms with Crippen LogP contribution < -0.4 is 0 Å². The second-order valence-electron chi connectivity index (χ2n) is 4.15. The number of nitrogens with zero attached hydrogens (tertiary/aromatic N) is 2. The van der Waals surface area contributed by atoms with Crippen LogP contribution in [0.15, 0.2) is 6.07 Å². The van der Waals surface area contributed by atoms with Crippen molar-refractivity contribution in [3.63, 3.8) is 0 Å². The second-order valence-corrected chi connectivity index (χ2v) is 4.15. The molecule has 3 heteroatoms. The van der Waals surface area contributed by atoms with Crippen molar-refractivity contribution in [2.24, 2.45) is 13.0 Å². The van der Waals surface area contributed by atoms with Crippen LogP contribution in [0.5, 0.6) is 0 Å². The average molecular weight is 210 g/mol. The minimum absolute atomic E-state index is 0.278. The maximum Gasteiger partial charge on any atom is 0.0624 e. The number of hydrogen-bond donors (Lipinski definition) is 1. The first kappa shape index (κ1) is 12.2. The van der Waals surface area contributed by atoms with E-state index in [1.807, 2.05) is 11.7 Å². The maximum atomic E-state index is 9.24. The summed E-state index contributed by atoms with van der Waals surface area (Å²) in [5.74, 6) is 0.384. The molecule has 1 atom stereocenters. The lowest BCUT2D eigenvalue weighted by atomic mass is 9.99. The highest BCUT2D eigenvalue weighted by Gasteiger charge is 2.11. The van der Waals surface area contributed by atoms with E-state index in [2.05, 4.69) is 25.0 Å². The molecule has 1 aromatic heterocycles. The van der Waals surface area contributed by atoms with Gasteiger partial charge in [0, 0.05) is 19.3 Å². The summed E-state index contributed by atoms with van der Waals surface area (Å²) >= 11 is 0. The summed E-state index contributed by atoms with van der Waals surface area (Å²) in [7, 11) is 1.98. The third-order valence-electron chi connectivity index (χ3n) is 2.84. The number of aromatic nitrogens is 2.